The van der Waals surface area contributed by atoms with Gasteiger partial charge in [0.15, 0.2) is 0 Å². The molecule has 1 nitrogen and oxygen atoms in total. The molecule has 0 amide bonds. The Morgan fingerprint density at radius 2 is 1.44 bits per heavy atom. The Morgan fingerprint density at radius 3 is 2.12 bits per heavy atom. The molecule has 0 aliphatic heterocycles. The first-order valence-electron chi connectivity index (χ1n) is 6.95. The Hall–Kier alpha value is -0.160. The number of thioether (sulfide) groups is 1. The van der Waals surface area contributed by atoms with Crippen LogP contribution in [-0.2, 0) is 0 Å². The van der Waals surface area contributed by atoms with Gasteiger partial charge in [0.2, 0.25) is 0 Å². The monoisotopic (exact) mass is 237 g/mol. The van der Waals surface area contributed by atoms with E-state index in [0.29, 0.717) is 11.2 Å². The van der Waals surface area contributed by atoms with Gasteiger partial charge in [0.1, 0.15) is 0 Å². The molecular weight excluding hydrogens is 214 g/mol. The third-order valence-electron chi connectivity index (χ3n) is 4.04. The van der Waals surface area contributed by atoms with Gasteiger partial charge in [-0.1, -0.05) is 38.5 Å². The van der Waals surface area contributed by atoms with Crippen molar-refractivity contribution in [2.45, 2.75) is 74.7 Å². The quantitative estimate of drug-likeness (QED) is 0.659. The normalized spacial score (nSPS) is 32.9. The summed E-state index contributed by atoms with van der Waals surface area (Å²) in [5.74, 6) is 0.342. The zero-order valence-corrected chi connectivity index (χ0v) is 11.0. The van der Waals surface area contributed by atoms with E-state index >= 15 is 0 Å². The smallest absolute Gasteiger partial charge is 0.0667 e. The predicted molar refractivity (Wildman–Crippen MR) is 70.4 cm³/mol. The van der Waals surface area contributed by atoms with E-state index in [1.54, 1.807) is 0 Å². The van der Waals surface area contributed by atoms with E-state index in [4.69, 9.17) is 0 Å². The van der Waals surface area contributed by atoms with Crippen LogP contribution in [0.25, 0.3) is 0 Å². The van der Waals surface area contributed by atoms with Gasteiger partial charge in [-0.15, -0.1) is 0 Å². The summed E-state index contributed by atoms with van der Waals surface area (Å²) in [6.45, 7) is 0. The molecule has 0 spiro atoms. The lowest BCUT2D eigenvalue weighted by atomic mass is 10.0. The van der Waals surface area contributed by atoms with Crippen LogP contribution >= 0.6 is 11.8 Å². The second-order valence-corrected chi connectivity index (χ2v) is 6.85. The Balaban J connectivity index is 1.87. The molecule has 0 saturated heterocycles. The molecule has 90 valence electrons. The number of nitriles is 1. The summed E-state index contributed by atoms with van der Waals surface area (Å²) in [5, 5.41) is 10.8. The third-order valence-corrected chi connectivity index (χ3v) is 5.81. The van der Waals surface area contributed by atoms with Crippen LogP contribution in [-0.4, -0.2) is 10.5 Å². The highest BCUT2D eigenvalue weighted by Crippen LogP contribution is 2.38. The van der Waals surface area contributed by atoms with E-state index in [1.807, 2.05) is 0 Å². The summed E-state index contributed by atoms with van der Waals surface area (Å²) in [5.41, 5.74) is 0. The maximum atomic E-state index is 9.25. The summed E-state index contributed by atoms with van der Waals surface area (Å²) >= 11 is 2.16. The van der Waals surface area contributed by atoms with Crippen molar-refractivity contribution in [3.05, 3.63) is 0 Å². The molecule has 16 heavy (non-hydrogen) atoms. The van der Waals surface area contributed by atoms with Gasteiger partial charge in [0, 0.05) is 10.5 Å². The molecule has 0 heterocycles. The fraction of sp³-hybridized carbons (Fsp3) is 0.929. The maximum absolute atomic E-state index is 9.25. The van der Waals surface area contributed by atoms with Gasteiger partial charge in [0.25, 0.3) is 0 Å². The van der Waals surface area contributed by atoms with Crippen molar-refractivity contribution in [2.75, 3.05) is 0 Å². The molecular formula is C14H23NS. The van der Waals surface area contributed by atoms with Crippen molar-refractivity contribution < 1.29 is 0 Å². The Labute approximate surface area is 104 Å². The first-order valence-corrected chi connectivity index (χ1v) is 7.89. The van der Waals surface area contributed by atoms with Crippen LogP contribution in [0.2, 0.25) is 0 Å². The molecule has 0 aromatic heterocycles. The van der Waals surface area contributed by atoms with Gasteiger partial charge in [-0.25, -0.2) is 0 Å². The lowest BCUT2D eigenvalue weighted by Crippen LogP contribution is -2.20. The van der Waals surface area contributed by atoms with Crippen LogP contribution in [0.5, 0.6) is 0 Å². The molecule has 2 atom stereocenters. The molecule has 2 heteroatoms. The highest BCUT2D eigenvalue weighted by Gasteiger charge is 2.27. The zero-order valence-electron chi connectivity index (χ0n) is 10.2. The van der Waals surface area contributed by atoms with Crippen LogP contribution in [0.4, 0.5) is 0 Å². The average molecular weight is 237 g/mol. The minimum absolute atomic E-state index is 0.342. The highest BCUT2D eigenvalue weighted by atomic mass is 32.2. The molecule has 2 aliphatic rings. The molecule has 2 aliphatic carbocycles. The van der Waals surface area contributed by atoms with E-state index in [0.717, 1.165) is 11.7 Å². The topological polar surface area (TPSA) is 23.8 Å². The third kappa shape index (κ3) is 3.42. The number of rotatable bonds is 2. The van der Waals surface area contributed by atoms with Crippen LogP contribution in [0.15, 0.2) is 0 Å². The first kappa shape index (κ1) is 12.3. The number of hydrogen-bond acceptors (Lipinski definition) is 2. The van der Waals surface area contributed by atoms with Crippen LogP contribution in [0.3, 0.4) is 0 Å². The number of hydrogen-bond donors (Lipinski definition) is 0. The largest absolute Gasteiger partial charge is 0.198 e. The van der Waals surface area contributed by atoms with Gasteiger partial charge in [-0.2, -0.15) is 17.0 Å². The van der Waals surface area contributed by atoms with Gasteiger partial charge < -0.3 is 0 Å². The van der Waals surface area contributed by atoms with E-state index in [9.17, 15) is 5.26 Å². The lowest BCUT2D eigenvalue weighted by molar-refractivity contribution is 0.509. The maximum Gasteiger partial charge on any atom is 0.0667 e. The van der Waals surface area contributed by atoms with E-state index in [2.05, 4.69) is 17.8 Å². The summed E-state index contributed by atoms with van der Waals surface area (Å²) in [6.07, 6.45) is 13.5. The molecule has 2 rings (SSSR count). The first-order chi connectivity index (χ1) is 7.90. The van der Waals surface area contributed by atoms with Gasteiger partial charge >= 0.3 is 0 Å². The Morgan fingerprint density at radius 1 is 0.812 bits per heavy atom. The molecule has 2 unspecified atom stereocenters. The van der Waals surface area contributed by atoms with Crippen molar-refractivity contribution in [1.29, 1.82) is 5.26 Å². The van der Waals surface area contributed by atoms with Crippen LogP contribution in [0.1, 0.15) is 64.2 Å². The minimum atomic E-state index is 0.342. The molecule has 0 bridgehead atoms. The molecule has 0 N–H and O–H groups in total. The fourth-order valence-corrected chi connectivity index (χ4v) is 4.82. The van der Waals surface area contributed by atoms with Gasteiger partial charge in [-0.3, -0.25) is 0 Å². The zero-order chi connectivity index (χ0) is 11.2. The summed E-state index contributed by atoms with van der Waals surface area (Å²) in [4.78, 5) is 0. The molecule has 2 saturated carbocycles. The fourth-order valence-electron chi connectivity index (χ4n) is 3.03. The van der Waals surface area contributed by atoms with Crippen molar-refractivity contribution >= 4 is 11.8 Å². The second kappa shape index (κ2) is 6.55. The molecule has 2 fully saturated rings. The highest BCUT2D eigenvalue weighted by molar-refractivity contribution is 8.00. The lowest BCUT2D eigenvalue weighted by Gasteiger charge is -2.27. The van der Waals surface area contributed by atoms with E-state index in [1.165, 1.54) is 57.8 Å². The minimum Gasteiger partial charge on any atom is -0.198 e. The predicted octanol–water partition coefficient (Wildman–Crippen LogP) is 4.52. The van der Waals surface area contributed by atoms with Crippen molar-refractivity contribution in [3.8, 4) is 6.07 Å². The number of nitrogens with zero attached hydrogens (tertiary/aromatic N) is 1. The Bertz CT molecular complexity index is 240. The summed E-state index contributed by atoms with van der Waals surface area (Å²) < 4.78 is 0. The SMILES string of the molecule is N#CC1CCCCCC1SC1CCCCC1. The average Bonchev–Trinajstić information content (AvgIpc) is 2.55. The van der Waals surface area contributed by atoms with Crippen LogP contribution < -0.4 is 0 Å². The van der Waals surface area contributed by atoms with Gasteiger partial charge in [0.05, 0.1) is 12.0 Å². The molecule has 0 aromatic carbocycles. The molecule has 0 aromatic rings. The van der Waals surface area contributed by atoms with Crippen molar-refractivity contribution in [3.63, 3.8) is 0 Å². The second-order valence-electron chi connectivity index (χ2n) is 5.31. The molecule has 0 radical (unpaired) electrons. The summed E-state index contributed by atoms with van der Waals surface area (Å²) in [7, 11) is 0. The summed E-state index contributed by atoms with van der Waals surface area (Å²) in [6, 6.07) is 2.56. The van der Waals surface area contributed by atoms with E-state index in [-0.39, 0.29) is 0 Å². The Kier molecular flexibility index (Phi) is 5.03. The van der Waals surface area contributed by atoms with Gasteiger partial charge in [-0.05, 0) is 25.7 Å². The van der Waals surface area contributed by atoms with E-state index < -0.39 is 0 Å². The van der Waals surface area contributed by atoms with Crippen molar-refractivity contribution in [1.82, 2.24) is 0 Å². The van der Waals surface area contributed by atoms with Crippen molar-refractivity contribution in [2.24, 2.45) is 5.92 Å². The van der Waals surface area contributed by atoms with Crippen LogP contribution in [0, 0.1) is 17.2 Å². The standard InChI is InChI=1S/C14H23NS/c15-11-12-7-3-1-6-10-14(12)16-13-8-4-2-5-9-13/h12-14H,1-10H2.